The molecule has 1 unspecified atom stereocenters. The van der Waals surface area contributed by atoms with Crippen molar-refractivity contribution in [1.29, 1.82) is 0 Å². The number of hydrogen-bond acceptors (Lipinski definition) is 4. The predicted octanol–water partition coefficient (Wildman–Crippen LogP) is 2.51. The standard InChI is InChI=1S/C26H26N4O3/c27-13-14-28-25(32)20-11-12-22-21(17-20)29-26(33)23(15-18-7-3-1-4-8-18)30(22)24(31)16-19-9-5-2-6-10-19/h1-12,17,23H,13-16,27H2,(H,28,32)(H,29,33). The molecule has 168 valence electrons. The van der Waals surface area contributed by atoms with Crippen LogP contribution in [0.5, 0.6) is 0 Å². The van der Waals surface area contributed by atoms with E-state index in [1.807, 2.05) is 60.7 Å². The summed E-state index contributed by atoms with van der Waals surface area (Å²) in [6.07, 6.45) is 0.545. The minimum atomic E-state index is -0.701. The molecule has 0 saturated carbocycles. The van der Waals surface area contributed by atoms with Gasteiger partial charge in [-0.2, -0.15) is 0 Å². The number of benzene rings is 3. The van der Waals surface area contributed by atoms with Crippen LogP contribution in [0.1, 0.15) is 21.5 Å². The molecule has 7 nitrogen and oxygen atoms in total. The van der Waals surface area contributed by atoms with Crippen LogP contribution in [0, 0.1) is 0 Å². The zero-order valence-corrected chi connectivity index (χ0v) is 18.2. The fraction of sp³-hybridized carbons (Fsp3) is 0.192. The maximum atomic E-state index is 13.5. The van der Waals surface area contributed by atoms with E-state index in [9.17, 15) is 14.4 Å². The third-order valence-corrected chi connectivity index (χ3v) is 5.56. The summed E-state index contributed by atoms with van der Waals surface area (Å²) in [4.78, 5) is 40.6. The summed E-state index contributed by atoms with van der Waals surface area (Å²) in [5.41, 5.74) is 8.68. The predicted molar refractivity (Wildman–Crippen MR) is 128 cm³/mol. The van der Waals surface area contributed by atoms with Crippen LogP contribution in [0.4, 0.5) is 11.4 Å². The summed E-state index contributed by atoms with van der Waals surface area (Å²) < 4.78 is 0. The van der Waals surface area contributed by atoms with Gasteiger partial charge in [0, 0.05) is 25.1 Å². The van der Waals surface area contributed by atoms with Crippen molar-refractivity contribution in [2.75, 3.05) is 23.3 Å². The van der Waals surface area contributed by atoms with Crippen molar-refractivity contribution in [3.05, 3.63) is 95.6 Å². The van der Waals surface area contributed by atoms with Gasteiger partial charge in [-0.25, -0.2) is 0 Å². The number of carbonyl (C=O) groups excluding carboxylic acids is 3. The average Bonchev–Trinajstić information content (AvgIpc) is 2.83. The van der Waals surface area contributed by atoms with E-state index in [2.05, 4.69) is 10.6 Å². The lowest BCUT2D eigenvalue weighted by molar-refractivity contribution is -0.123. The molecule has 3 amide bonds. The Hall–Kier alpha value is -3.97. The lowest BCUT2D eigenvalue weighted by atomic mass is 9.98. The van der Waals surface area contributed by atoms with Crippen molar-refractivity contribution < 1.29 is 14.4 Å². The Morgan fingerprint density at radius 1 is 0.939 bits per heavy atom. The number of anilines is 2. The molecule has 0 saturated heterocycles. The number of amides is 3. The summed E-state index contributed by atoms with van der Waals surface area (Å²) in [6.45, 7) is 0.680. The monoisotopic (exact) mass is 442 g/mol. The summed E-state index contributed by atoms with van der Waals surface area (Å²) in [6, 6.07) is 23.3. The lowest BCUT2D eigenvalue weighted by Crippen LogP contribution is -2.52. The number of rotatable bonds is 7. The molecule has 0 bridgehead atoms. The van der Waals surface area contributed by atoms with Crippen LogP contribution >= 0.6 is 0 Å². The molecule has 1 atom stereocenters. The van der Waals surface area contributed by atoms with Crippen molar-refractivity contribution in [3.8, 4) is 0 Å². The molecule has 0 fully saturated rings. The summed E-state index contributed by atoms with van der Waals surface area (Å²) in [5.74, 6) is -0.753. The van der Waals surface area contributed by atoms with Crippen LogP contribution in [-0.2, 0) is 22.4 Å². The van der Waals surface area contributed by atoms with Crippen molar-refractivity contribution in [3.63, 3.8) is 0 Å². The Labute approximate surface area is 192 Å². The number of carbonyl (C=O) groups is 3. The highest BCUT2D eigenvalue weighted by Crippen LogP contribution is 2.34. The highest BCUT2D eigenvalue weighted by Gasteiger charge is 2.37. The van der Waals surface area contributed by atoms with Gasteiger partial charge in [0.2, 0.25) is 11.8 Å². The third kappa shape index (κ3) is 5.10. The molecule has 1 aliphatic heterocycles. The topological polar surface area (TPSA) is 105 Å². The molecular weight excluding hydrogens is 416 g/mol. The second-order valence-electron chi connectivity index (χ2n) is 7.90. The molecule has 3 aromatic carbocycles. The number of fused-ring (bicyclic) bond motifs is 1. The quantitative estimate of drug-likeness (QED) is 0.523. The Balaban J connectivity index is 1.69. The maximum Gasteiger partial charge on any atom is 0.251 e. The van der Waals surface area contributed by atoms with Gasteiger partial charge in [-0.05, 0) is 29.3 Å². The fourth-order valence-electron chi connectivity index (χ4n) is 3.96. The third-order valence-electron chi connectivity index (χ3n) is 5.56. The van der Waals surface area contributed by atoms with Gasteiger partial charge >= 0.3 is 0 Å². The van der Waals surface area contributed by atoms with Crippen molar-refractivity contribution in [1.82, 2.24) is 5.32 Å². The number of nitrogens with two attached hydrogens (primary N) is 1. The molecule has 4 rings (SSSR count). The van der Waals surface area contributed by atoms with E-state index < -0.39 is 6.04 Å². The normalized spacial score (nSPS) is 14.9. The molecule has 33 heavy (non-hydrogen) atoms. The van der Waals surface area contributed by atoms with Crippen molar-refractivity contribution in [2.45, 2.75) is 18.9 Å². The van der Waals surface area contributed by atoms with Gasteiger partial charge < -0.3 is 16.4 Å². The molecule has 0 aromatic heterocycles. The molecule has 0 radical (unpaired) electrons. The molecule has 7 heteroatoms. The zero-order valence-electron chi connectivity index (χ0n) is 18.2. The van der Waals surface area contributed by atoms with E-state index in [1.54, 1.807) is 23.1 Å². The first kappa shape index (κ1) is 22.2. The second-order valence-corrected chi connectivity index (χ2v) is 7.90. The van der Waals surface area contributed by atoms with Gasteiger partial charge in [0.1, 0.15) is 6.04 Å². The minimum absolute atomic E-state index is 0.164. The van der Waals surface area contributed by atoms with Gasteiger partial charge in [0.15, 0.2) is 0 Å². The molecular formula is C26H26N4O3. The van der Waals surface area contributed by atoms with E-state index in [-0.39, 0.29) is 24.1 Å². The second kappa shape index (κ2) is 10.1. The van der Waals surface area contributed by atoms with Gasteiger partial charge in [-0.1, -0.05) is 60.7 Å². The molecule has 4 N–H and O–H groups in total. The van der Waals surface area contributed by atoms with Gasteiger partial charge in [0.25, 0.3) is 5.91 Å². The van der Waals surface area contributed by atoms with Crippen LogP contribution in [0.3, 0.4) is 0 Å². The first-order valence-corrected chi connectivity index (χ1v) is 10.9. The smallest absolute Gasteiger partial charge is 0.251 e. The van der Waals surface area contributed by atoms with Crippen LogP contribution in [0.25, 0.3) is 0 Å². The van der Waals surface area contributed by atoms with Gasteiger partial charge in [-0.15, -0.1) is 0 Å². The molecule has 0 aliphatic carbocycles. The van der Waals surface area contributed by atoms with Gasteiger partial charge in [0.05, 0.1) is 17.8 Å². The van der Waals surface area contributed by atoms with Crippen molar-refractivity contribution in [2.24, 2.45) is 5.73 Å². The summed E-state index contributed by atoms with van der Waals surface area (Å²) in [5, 5.41) is 5.61. The number of nitrogens with one attached hydrogen (secondary N) is 2. The molecule has 1 aliphatic rings. The summed E-state index contributed by atoms with van der Waals surface area (Å²) in [7, 11) is 0. The number of hydrogen-bond donors (Lipinski definition) is 3. The maximum absolute atomic E-state index is 13.5. The van der Waals surface area contributed by atoms with E-state index in [1.165, 1.54) is 0 Å². The van der Waals surface area contributed by atoms with Crippen LogP contribution in [-0.4, -0.2) is 36.9 Å². The largest absolute Gasteiger partial charge is 0.351 e. The Bertz CT molecular complexity index is 1150. The van der Waals surface area contributed by atoms with Crippen molar-refractivity contribution >= 4 is 29.1 Å². The molecule has 0 spiro atoms. The van der Waals surface area contributed by atoms with Crippen LogP contribution in [0.2, 0.25) is 0 Å². The van der Waals surface area contributed by atoms with Gasteiger partial charge in [-0.3, -0.25) is 19.3 Å². The first-order valence-electron chi connectivity index (χ1n) is 10.9. The Morgan fingerprint density at radius 3 is 2.27 bits per heavy atom. The minimum Gasteiger partial charge on any atom is -0.351 e. The van der Waals surface area contributed by atoms with E-state index >= 15 is 0 Å². The summed E-state index contributed by atoms with van der Waals surface area (Å²) >= 11 is 0. The first-order chi connectivity index (χ1) is 16.1. The van der Waals surface area contributed by atoms with Crippen LogP contribution < -0.4 is 21.3 Å². The number of nitrogens with zero attached hydrogens (tertiary/aromatic N) is 1. The van der Waals surface area contributed by atoms with E-state index in [0.717, 1.165) is 11.1 Å². The fourth-order valence-corrected chi connectivity index (χ4v) is 3.96. The zero-order chi connectivity index (χ0) is 23.2. The average molecular weight is 443 g/mol. The van der Waals surface area contributed by atoms with Crippen LogP contribution in [0.15, 0.2) is 78.9 Å². The molecule has 1 heterocycles. The highest BCUT2D eigenvalue weighted by molar-refractivity contribution is 6.13. The highest BCUT2D eigenvalue weighted by atomic mass is 16.2. The Morgan fingerprint density at radius 2 is 1.61 bits per heavy atom. The van der Waals surface area contributed by atoms with E-state index in [4.69, 9.17) is 5.73 Å². The van der Waals surface area contributed by atoms with E-state index in [0.29, 0.717) is 36.4 Å². The lowest BCUT2D eigenvalue weighted by Gasteiger charge is -2.37. The SMILES string of the molecule is NCCNC(=O)c1ccc2c(c1)NC(=O)C(Cc1ccccc1)N2C(=O)Cc1ccccc1. The Kier molecular flexibility index (Phi) is 6.80. The molecule has 3 aromatic rings.